The van der Waals surface area contributed by atoms with Crippen molar-refractivity contribution in [2.24, 2.45) is 0 Å². The van der Waals surface area contributed by atoms with Crippen LogP contribution in [0.5, 0.6) is 0 Å². The molecule has 0 bridgehead atoms. The second-order valence-electron chi connectivity index (χ2n) is 5.05. The predicted molar refractivity (Wildman–Crippen MR) is 79.6 cm³/mol. The van der Waals surface area contributed by atoms with Crippen LogP contribution in [0.1, 0.15) is 21.6 Å². The average Bonchev–Trinajstić information content (AvgIpc) is 3.25. The number of rotatable bonds is 5. The Balaban J connectivity index is 1.66. The zero-order chi connectivity index (χ0) is 17.9. The minimum atomic E-state index is -4.46. The van der Waals surface area contributed by atoms with E-state index in [-0.39, 0.29) is 30.0 Å². The van der Waals surface area contributed by atoms with E-state index in [1.54, 1.807) is 12.1 Å². The summed E-state index contributed by atoms with van der Waals surface area (Å²) in [4.78, 5) is 15.9. The lowest BCUT2D eigenvalue weighted by Gasteiger charge is -2.12. The fourth-order valence-corrected chi connectivity index (χ4v) is 2.31. The highest BCUT2D eigenvalue weighted by Gasteiger charge is 2.32. The van der Waals surface area contributed by atoms with Crippen LogP contribution >= 0.6 is 0 Å². The monoisotopic (exact) mass is 351 g/mol. The summed E-state index contributed by atoms with van der Waals surface area (Å²) in [5, 5.41) is 0. The Kier molecular flexibility index (Phi) is 4.60. The number of nitrogens with zero attached hydrogens (tertiary/aromatic N) is 1. The highest BCUT2D eigenvalue weighted by molar-refractivity contribution is 5.92. The van der Waals surface area contributed by atoms with Crippen LogP contribution in [0.25, 0.3) is 11.5 Å². The van der Waals surface area contributed by atoms with Gasteiger partial charge in [0.2, 0.25) is 5.76 Å². The molecule has 3 rings (SSSR count). The molecule has 0 N–H and O–H groups in total. The molecular formula is C17H12F3NO4. The molecule has 130 valence electrons. The summed E-state index contributed by atoms with van der Waals surface area (Å²) >= 11 is 0. The van der Waals surface area contributed by atoms with Crippen LogP contribution in [0.15, 0.2) is 57.9 Å². The van der Waals surface area contributed by atoms with Crippen molar-refractivity contribution in [2.45, 2.75) is 12.6 Å². The number of furan rings is 1. The van der Waals surface area contributed by atoms with Crippen molar-refractivity contribution in [2.75, 3.05) is 6.61 Å². The molecule has 0 saturated carbocycles. The minimum absolute atomic E-state index is 0.0502. The Hall–Kier alpha value is -3.03. The first-order chi connectivity index (χ1) is 12.0. The summed E-state index contributed by atoms with van der Waals surface area (Å²) in [6.07, 6.45) is -2.07. The van der Waals surface area contributed by atoms with Crippen molar-refractivity contribution >= 4 is 5.97 Å². The average molecular weight is 351 g/mol. The van der Waals surface area contributed by atoms with Crippen LogP contribution in [-0.2, 0) is 17.3 Å². The number of ether oxygens (including phenoxy) is 1. The van der Waals surface area contributed by atoms with Crippen molar-refractivity contribution < 1.29 is 31.5 Å². The fraction of sp³-hybridized carbons (Fsp3) is 0.176. The maximum Gasteiger partial charge on any atom is 0.416 e. The van der Waals surface area contributed by atoms with Crippen molar-refractivity contribution in [1.82, 2.24) is 4.98 Å². The van der Waals surface area contributed by atoms with Gasteiger partial charge in [-0.3, -0.25) is 0 Å². The molecule has 3 aromatic rings. The lowest BCUT2D eigenvalue weighted by molar-refractivity contribution is -0.138. The lowest BCUT2D eigenvalue weighted by Crippen LogP contribution is -2.13. The number of halogens is 3. The molecule has 0 amide bonds. The number of esters is 1. The van der Waals surface area contributed by atoms with E-state index in [1.165, 1.54) is 24.5 Å². The van der Waals surface area contributed by atoms with Crippen molar-refractivity contribution in [3.63, 3.8) is 0 Å². The summed E-state index contributed by atoms with van der Waals surface area (Å²) in [5.41, 5.74) is -0.794. The first-order valence-electron chi connectivity index (χ1n) is 7.26. The smallest absolute Gasteiger partial charge is 0.416 e. The van der Waals surface area contributed by atoms with Crippen molar-refractivity contribution in [3.8, 4) is 11.5 Å². The standard InChI is InChI=1S/C17H12F3NO4/c18-17(19,20)12-5-2-1-4-11(12)7-9-24-16(22)14-15(25-10-21-14)13-6-3-8-23-13/h1-6,8,10H,7,9H2. The number of alkyl halides is 3. The highest BCUT2D eigenvalue weighted by atomic mass is 19.4. The third kappa shape index (κ3) is 3.73. The van der Waals surface area contributed by atoms with E-state index in [1.807, 2.05) is 0 Å². The van der Waals surface area contributed by atoms with Crippen LogP contribution in [0.2, 0.25) is 0 Å². The third-order valence-electron chi connectivity index (χ3n) is 3.43. The Morgan fingerprint density at radius 2 is 1.92 bits per heavy atom. The van der Waals surface area contributed by atoms with Gasteiger partial charge in [0.15, 0.2) is 17.8 Å². The minimum Gasteiger partial charge on any atom is -0.461 e. The van der Waals surface area contributed by atoms with Gasteiger partial charge in [0.1, 0.15) is 0 Å². The van der Waals surface area contributed by atoms with E-state index in [2.05, 4.69) is 4.98 Å². The summed E-state index contributed by atoms with van der Waals surface area (Å²) in [6, 6.07) is 8.34. The fourth-order valence-electron chi connectivity index (χ4n) is 2.31. The Morgan fingerprint density at radius 1 is 1.12 bits per heavy atom. The molecular weight excluding hydrogens is 339 g/mol. The van der Waals surface area contributed by atoms with Gasteiger partial charge in [0, 0.05) is 6.42 Å². The molecule has 0 aliphatic carbocycles. The van der Waals surface area contributed by atoms with Crippen LogP contribution in [0.3, 0.4) is 0 Å². The summed E-state index contributed by atoms with van der Waals surface area (Å²) in [6.45, 7) is -0.226. The molecule has 0 spiro atoms. The number of carbonyl (C=O) groups is 1. The molecule has 2 heterocycles. The molecule has 0 saturated heterocycles. The summed E-state index contributed by atoms with van der Waals surface area (Å²) < 4.78 is 54.0. The molecule has 1 aromatic carbocycles. The number of hydrogen-bond acceptors (Lipinski definition) is 5. The van der Waals surface area contributed by atoms with E-state index < -0.39 is 17.7 Å². The second-order valence-corrected chi connectivity index (χ2v) is 5.05. The van der Waals surface area contributed by atoms with Crippen LogP contribution in [-0.4, -0.2) is 17.6 Å². The molecule has 0 atom stereocenters. The van der Waals surface area contributed by atoms with E-state index >= 15 is 0 Å². The quantitative estimate of drug-likeness (QED) is 0.639. The number of benzene rings is 1. The van der Waals surface area contributed by atoms with Gasteiger partial charge in [-0.1, -0.05) is 18.2 Å². The molecule has 2 aromatic heterocycles. The van der Waals surface area contributed by atoms with Crippen molar-refractivity contribution in [1.29, 1.82) is 0 Å². The van der Waals surface area contributed by atoms with Gasteiger partial charge in [-0.05, 0) is 23.8 Å². The molecule has 8 heteroatoms. The molecule has 0 unspecified atom stereocenters. The zero-order valence-corrected chi connectivity index (χ0v) is 12.7. The van der Waals surface area contributed by atoms with Gasteiger partial charge < -0.3 is 13.6 Å². The number of oxazole rings is 1. The first kappa shape index (κ1) is 16.8. The Bertz CT molecular complexity index is 853. The first-order valence-corrected chi connectivity index (χ1v) is 7.26. The van der Waals surface area contributed by atoms with Gasteiger partial charge >= 0.3 is 12.1 Å². The van der Waals surface area contributed by atoms with Gasteiger partial charge in [-0.2, -0.15) is 13.2 Å². The molecule has 0 aliphatic heterocycles. The van der Waals surface area contributed by atoms with Gasteiger partial charge in [0.25, 0.3) is 0 Å². The molecule has 0 fully saturated rings. The van der Waals surface area contributed by atoms with E-state index in [9.17, 15) is 18.0 Å². The highest BCUT2D eigenvalue weighted by Crippen LogP contribution is 2.32. The molecule has 25 heavy (non-hydrogen) atoms. The van der Waals surface area contributed by atoms with E-state index in [4.69, 9.17) is 13.6 Å². The van der Waals surface area contributed by atoms with E-state index in [0.717, 1.165) is 12.5 Å². The van der Waals surface area contributed by atoms with Gasteiger partial charge in [-0.15, -0.1) is 0 Å². The van der Waals surface area contributed by atoms with Crippen LogP contribution < -0.4 is 0 Å². The second kappa shape index (κ2) is 6.84. The molecule has 0 aliphatic rings. The maximum absolute atomic E-state index is 12.9. The van der Waals surface area contributed by atoms with Gasteiger partial charge in [-0.25, -0.2) is 9.78 Å². The van der Waals surface area contributed by atoms with Gasteiger partial charge in [0.05, 0.1) is 18.4 Å². The summed E-state index contributed by atoms with van der Waals surface area (Å²) in [5.74, 6) is -0.401. The topological polar surface area (TPSA) is 65.5 Å². The number of hydrogen-bond donors (Lipinski definition) is 0. The number of aromatic nitrogens is 1. The predicted octanol–water partition coefficient (Wildman–Crippen LogP) is 4.35. The Morgan fingerprint density at radius 3 is 2.64 bits per heavy atom. The zero-order valence-electron chi connectivity index (χ0n) is 12.7. The largest absolute Gasteiger partial charge is 0.461 e. The summed E-state index contributed by atoms with van der Waals surface area (Å²) in [7, 11) is 0. The number of carbonyl (C=O) groups excluding carboxylic acids is 1. The third-order valence-corrected chi connectivity index (χ3v) is 3.43. The lowest BCUT2D eigenvalue weighted by atomic mass is 10.0. The molecule has 5 nitrogen and oxygen atoms in total. The van der Waals surface area contributed by atoms with Crippen LogP contribution in [0, 0.1) is 0 Å². The SMILES string of the molecule is O=C(OCCc1ccccc1C(F)(F)F)c1ncoc1-c1ccco1. The van der Waals surface area contributed by atoms with Crippen molar-refractivity contribution in [3.05, 3.63) is 65.9 Å². The maximum atomic E-state index is 12.9. The normalized spacial score (nSPS) is 11.5. The Labute approximate surface area is 140 Å². The molecule has 0 radical (unpaired) electrons. The van der Waals surface area contributed by atoms with E-state index in [0.29, 0.717) is 5.76 Å². The van der Waals surface area contributed by atoms with Crippen LogP contribution in [0.4, 0.5) is 13.2 Å².